The fourth-order valence-corrected chi connectivity index (χ4v) is 11.1. The van der Waals surface area contributed by atoms with Gasteiger partial charge in [0.15, 0.2) is 44.0 Å². The number of carbonyl (C=O) groups is 3. The zero-order chi connectivity index (χ0) is 63.5. The number of hydrogen-bond donors (Lipinski definition) is 22. The van der Waals surface area contributed by atoms with Gasteiger partial charge in [-0.05, 0) is 6.92 Å². The molecule has 0 radical (unpaired) electrons. The predicted octanol–water partition coefficient (Wildman–Crippen LogP) is -14.8. The molecule has 7 heterocycles. The summed E-state index contributed by atoms with van der Waals surface area (Å²) in [5.41, 5.74) is 0. The molecule has 86 heavy (non-hydrogen) atoms. The van der Waals surface area contributed by atoms with Gasteiger partial charge in [0.2, 0.25) is 17.7 Å². The van der Waals surface area contributed by atoms with Gasteiger partial charge in [-0.1, -0.05) is 0 Å². The minimum absolute atomic E-state index is 0.721. The third kappa shape index (κ3) is 15.2. The molecule has 0 saturated carbocycles. The second-order valence-corrected chi connectivity index (χ2v) is 21.8. The van der Waals surface area contributed by atoms with Crippen molar-refractivity contribution in [1.29, 1.82) is 0 Å². The van der Waals surface area contributed by atoms with Crippen molar-refractivity contribution < 1.29 is 173 Å². The van der Waals surface area contributed by atoms with Crippen molar-refractivity contribution in [3.05, 3.63) is 0 Å². The monoisotopic (exact) mass is 1260 g/mol. The zero-order valence-electron chi connectivity index (χ0n) is 46.5. The molecule has 7 rings (SSSR count). The largest absolute Gasteiger partial charge is 0.394 e. The average Bonchev–Trinajstić information content (AvgIpc) is 0.922. The van der Waals surface area contributed by atoms with Crippen molar-refractivity contribution in [1.82, 2.24) is 16.0 Å². The van der Waals surface area contributed by atoms with Crippen molar-refractivity contribution >= 4 is 17.7 Å². The van der Waals surface area contributed by atoms with Crippen LogP contribution in [0.25, 0.3) is 0 Å². The van der Waals surface area contributed by atoms with Crippen LogP contribution in [0.3, 0.4) is 0 Å². The molecule has 38 nitrogen and oxygen atoms in total. The quantitative estimate of drug-likeness (QED) is 0.0507. The second-order valence-electron chi connectivity index (χ2n) is 21.8. The standard InChI is InChI=1S/C48H81N3O35/c1-11-24(61)31(68)33(70)45(74-11)86-41-40(85-43-22(50-13(3)59)29(66)25(62)15(5-52)76-43)28(65)18(8-55)79-48(41)83-38-23(51-14(4)60)44(77-16(6-53)26(38)63)84-39-27(64)17(7-54)78-47(35(39)72)82-37-20(10-57)80-46(34(71)32(37)69)81-36-19(9-56)75-42(73)21(30(36)67)49-12(2)58/h11,15-48,52-57,61-73H,5-10H2,1-4H3,(H,49,58)(H,50,59)(H,51,60)/t11-,15-,16-,17-,18-,19-,20-,21-,22-,23-,24+,25+,26+,27+,28+,29-,30-,31+,32-,33-,34-,35-,36-,37+,38-,39+,40+,41-,42?,43-,44+,45-,46+,47-,48+/m1/s1. The summed E-state index contributed by atoms with van der Waals surface area (Å²) in [5, 5.41) is 215. The number of rotatable bonds is 21. The SMILES string of the molecule is CC(=O)N[C@H]1[C@@H](O[C@H]2[C@@H](O)[C@@H](CO)O[C@@H](O[C@H]3[C@@H](O)[C@@H](CO)O[C@@H](O[C@H]4[C@@H](O)[C@@H](CO)O[C@H](O[C@@H]5[C@H](O)[C@@H](O)[C@H](O[C@H]6[C@H](O)[C@@H](NC(C)=O)C(O)O[C@@H]6CO)O[C@@H]5CO)[C@@H]4O)[C@@H]3NC(C)=O)[C@@H]2O[C@H]2O[C@H](C)[C@H](O)[C@H](O)[C@H]2O)O[C@H](CO)[C@H](O)[C@@H]1O. The summed E-state index contributed by atoms with van der Waals surface area (Å²) in [6.45, 7) is -1.91. The van der Waals surface area contributed by atoms with Crippen LogP contribution in [-0.2, 0) is 76.0 Å². The molecule has 0 bridgehead atoms. The van der Waals surface area contributed by atoms with E-state index in [0.29, 0.717) is 0 Å². The van der Waals surface area contributed by atoms with E-state index in [1.807, 2.05) is 0 Å². The van der Waals surface area contributed by atoms with Crippen LogP contribution in [0, 0.1) is 0 Å². The number of ether oxygens (including phenoxy) is 13. The van der Waals surface area contributed by atoms with Gasteiger partial charge in [0.05, 0.1) is 45.7 Å². The third-order valence-electron chi connectivity index (χ3n) is 15.7. The Morgan fingerprint density at radius 1 is 0.302 bits per heavy atom. The first-order chi connectivity index (χ1) is 40.6. The molecule has 498 valence electrons. The van der Waals surface area contributed by atoms with Gasteiger partial charge in [-0.25, -0.2) is 0 Å². The highest BCUT2D eigenvalue weighted by Crippen LogP contribution is 2.39. The maximum Gasteiger partial charge on any atom is 0.217 e. The summed E-state index contributed by atoms with van der Waals surface area (Å²) in [7, 11) is 0. The molecule has 7 fully saturated rings. The third-order valence-corrected chi connectivity index (χ3v) is 15.7. The van der Waals surface area contributed by atoms with E-state index in [4.69, 9.17) is 61.6 Å². The minimum atomic E-state index is -2.31. The first-order valence-electron chi connectivity index (χ1n) is 27.5. The Bertz CT molecular complexity index is 2170. The van der Waals surface area contributed by atoms with Crippen LogP contribution in [0.1, 0.15) is 27.7 Å². The lowest BCUT2D eigenvalue weighted by Gasteiger charge is -2.52. The van der Waals surface area contributed by atoms with E-state index in [1.54, 1.807) is 0 Å². The van der Waals surface area contributed by atoms with Crippen molar-refractivity contribution in [3.8, 4) is 0 Å². The Kier molecular flexibility index (Phi) is 25.0. The Morgan fingerprint density at radius 2 is 0.663 bits per heavy atom. The molecule has 7 aliphatic heterocycles. The molecule has 7 aliphatic rings. The summed E-state index contributed by atoms with van der Waals surface area (Å²) >= 11 is 0. The summed E-state index contributed by atoms with van der Waals surface area (Å²) in [4.78, 5) is 37.4. The summed E-state index contributed by atoms with van der Waals surface area (Å²) < 4.78 is 76.3. The van der Waals surface area contributed by atoms with E-state index < -0.39 is 272 Å². The van der Waals surface area contributed by atoms with Crippen LogP contribution in [-0.4, -0.2) is 369 Å². The van der Waals surface area contributed by atoms with Crippen LogP contribution in [0.15, 0.2) is 0 Å². The molecule has 0 aromatic heterocycles. The lowest BCUT2D eigenvalue weighted by Crippen LogP contribution is -2.71. The number of hydrogen-bond acceptors (Lipinski definition) is 35. The number of carbonyl (C=O) groups excluding carboxylic acids is 3. The zero-order valence-corrected chi connectivity index (χ0v) is 46.5. The van der Waals surface area contributed by atoms with Crippen molar-refractivity contribution in [2.75, 3.05) is 39.6 Å². The van der Waals surface area contributed by atoms with E-state index in [1.165, 1.54) is 6.92 Å². The fraction of sp³-hybridized carbons (Fsp3) is 0.938. The van der Waals surface area contributed by atoms with Crippen LogP contribution in [0.4, 0.5) is 0 Å². The highest BCUT2D eigenvalue weighted by molar-refractivity contribution is 5.74. The summed E-state index contributed by atoms with van der Waals surface area (Å²) in [6, 6.07) is -5.19. The molecule has 0 aliphatic carbocycles. The first-order valence-corrected chi connectivity index (χ1v) is 27.5. The molecule has 1 unspecified atom stereocenters. The van der Waals surface area contributed by atoms with Gasteiger partial charge in [-0.3, -0.25) is 14.4 Å². The number of amides is 3. The Labute approximate surface area is 488 Å². The topological polar surface area (TPSA) is 592 Å². The van der Waals surface area contributed by atoms with E-state index in [2.05, 4.69) is 16.0 Å². The predicted molar refractivity (Wildman–Crippen MR) is 265 cm³/mol. The van der Waals surface area contributed by atoms with Gasteiger partial charge in [0.25, 0.3) is 0 Å². The van der Waals surface area contributed by atoms with Crippen LogP contribution in [0.5, 0.6) is 0 Å². The molecule has 3 amide bonds. The van der Waals surface area contributed by atoms with Crippen LogP contribution < -0.4 is 16.0 Å². The van der Waals surface area contributed by atoms with Crippen LogP contribution in [0.2, 0.25) is 0 Å². The highest BCUT2D eigenvalue weighted by Gasteiger charge is 2.60. The van der Waals surface area contributed by atoms with E-state index >= 15 is 0 Å². The minimum Gasteiger partial charge on any atom is -0.394 e. The molecular formula is C48H81N3O35. The van der Waals surface area contributed by atoms with Gasteiger partial charge in [0.1, 0.15) is 165 Å². The lowest BCUT2D eigenvalue weighted by atomic mass is 9.93. The van der Waals surface area contributed by atoms with Gasteiger partial charge in [-0.2, -0.15) is 0 Å². The molecule has 0 spiro atoms. The Morgan fingerprint density at radius 3 is 1.21 bits per heavy atom. The maximum atomic E-state index is 13.1. The number of aliphatic hydroxyl groups excluding tert-OH is 19. The molecule has 0 aromatic carbocycles. The van der Waals surface area contributed by atoms with E-state index in [9.17, 15) is 111 Å². The van der Waals surface area contributed by atoms with E-state index in [0.717, 1.165) is 20.8 Å². The number of nitrogens with one attached hydrogen (secondary N) is 3. The molecular weight excluding hydrogens is 1180 g/mol. The van der Waals surface area contributed by atoms with Crippen molar-refractivity contribution in [2.45, 2.75) is 242 Å². The van der Waals surface area contributed by atoms with Crippen molar-refractivity contribution in [3.63, 3.8) is 0 Å². The lowest BCUT2D eigenvalue weighted by molar-refractivity contribution is -0.401. The maximum absolute atomic E-state index is 13.1. The van der Waals surface area contributed by atoms with Gasteiger partial charge in [-0.15, -0.1) is 0 Å². The molecule has 22 N–H and O–H groups in total. The second kappa shape index (κ2) is 30.5. The first kappa shape index (κ1) is 70.6. The van der Waals surface area contributed by atoms with E-state index in [-0.39, 0.29) is 0 Å². The van der Waals surface area contributed by atoms with Gasteiger partial charge < -0.3 is 175 Å². The smallest absolute Gasteiger partial charge is 0.217 e. The molecule has 7 saturated heterocycles. The van der Waals surface area contributed by atoms with Crippen LogP contribution >= 0.6 is 0 Å². The fourth-order valence-electron chi connectivity index (χ4n) is 11.1. The summed E-state index contributed by atoms with van der Waals surface area (Å²) in [6.07, 6.45) is -62.6. The normalized spacial score (nSPS) is 49.4. The van der Waals surface area contributed by atoms with Gasteiger partial charge >= 0.3 is 0 Å². The Balaban J connectivity index is 1.18. The number of aliphatic hydroxyl groups is 19. The molecule has 38 heteroatoms. The average molecular weight is 1260 g/mol. The highest BCUT2D eigenvalue weighted by atomic mass is 16.8. The molecule has 35 atom stereocenters. The summed E-state index contributed by atoms with van der Waals surface area (Å²) in [5.74, 6) is -2.48. The molecule has 0 aromatic rings. The van der Waals surface area contributed by atoms with Crippen molar-refractivity contribution in [2.24, 2.45) is 0 Å². The van der Waals surface area contributed by atoms with Gasteiger partial charge in [0, 0.05) is 20.8 Å². The Hall–Kier alpha value is -2.87.